The van der Waals surface area contributed by atoms with Crippen molar-refractivity contribution in [2.75, 3.05) is 6.54 Å². The fraction of sp³-hybridized carbons (Fsp3) is 0.895. The second-order valence-electron chi connectivity index (χ2n) is 6.30. The van der Waals surface area contributed by atoms with Gasteiger partial charge in [-0.15, -0.1) is 0 Å². The van der Waals surface area contributed by atoms with E-state index in [1.165, 1.54) is 70.6 Å². The van der Waals surface area contributed by atoms with Crippen LogP contribution in [0, 0.1) is 0 Å². The number of rotatable bonds is 17. The van der Waals surface area contributed by atoms with E-state index in [-0.39, 0.29) is 5.91 Å². The van der Waals surface area contributed by atoms with Crippen LogP contribution < -0.4 is 5.32 Å². The van der Waals surface area contributed by atoms with Crippen molar-refractivity contribution in [3.63, 3.8) is 0 Å². The van der Waals surface area contributed by atoms with Crippen LogP contribution >= 0.6 is 0 Å². The normalized spacial score (nSPS) is 10.6. The molecule has 22 heavy (non-hydrogen) atoms. The number of hydrogen-bond acceptors (Lipinski definition) is 2. The number of nitrogens with one attached hydrogen (secondary N) is 1. The van der Waals surface area contributed by atoms with Crippen molar-refractivity contribution in [3.8, 4) is 0 Å². The van der Waals surface area contributed by atoms with E-state index in [9.17, 15) is 9.59 Å². The molecule has 0 aliphatic heterocycles. The molecule has 1 amide bonds. The van der Waals surface area contributed by atoms with Gasteiger partial charge in [-0.3, -0.25) is 4.79 Å². The van der Waals surface area contributed by atoms with E-state index in [2.05, 4.69) is 12.2 Å². The van der Waals surface area contributed by atoms with Crippen LogP contribution in [0.1, 0.15) is 103 Å². The number of carbonyl (C=O) groups is 2. The number of aldehydes is 1. The molecule has 1 N–H and O–H groups in total. The monoisotopic (exact) mass is 311 g/mol. The molecular weight excluding hydrogens is 274 g/mol. The Kier molecular flexibility index (Phi) is 17.5. The molecule has 0 fully saturated rings. The summed E-state index contributed by atoms with van der Waals surface area (Å²) in [6, 6.07) is 0. The quantitative estimate of drug-likeness (QED) is 0.297. The van der Waals surface area contributed by atoms with Gasteiger partial charge in [-0.25, -0.2) is 0 Å². The number of unbranched alkanes of at least 4 members (excludes halogenated alkanes) is 12. The maximum Gasteiger partial charge on any atom is 0.220 e. The summed E-state index contributed by atoms with van der Waals surface area (Å²) in [6.45, 7) is 2.75. The van der Waals surface area contributed by atoms with Crippen molar-refractivity contribution in [1.29, 1.82) is 0 Å². The molecule has 0 spiro atoms. The highest BCUT2D eigenvalue weighted by molar-refractivity contribution is 5.76. The average Bonchev–Trinajstić information content (AvgIpc) is 2.52. The predicted octanol–water partition coefficient (Wildman–Crippen LogP) is 5.17. The van der Waals surface area contributed by atoms with Crippen LogP contribution in [-0.4, -0.2) is 18.7 Å². The van der Waals surface area contributed by atoms with Crippen molar-refractivity contribution in [2.24, 2.45) is 0 Å². The first-order valence-corrected chi connectivity index (χ1v) is 9.51. The smallest absolute Gasteiger partial charge is 0.220 e. The van der Waals surface area contributed by atoms with Gasteiger partial charge in [0.25, 0.3) is 0 Å². The highest BCUT2D eigenvalue weighted by Gasteiger charge is 2.00. The molecule has 0 radical (unpaired) electrons. The van der Waals surface area contributed by atoms with E-state index in [1.807, 2.05) is 0 Å². The van der Waals surface area contributed by atoms with Gasteiger partial charge in [0.1, 0.15) is 6.29 Å². The van der Waals surface area contributed by atoms with E-state index in [0.29, 0.717) is 19.4 Å². The molecule has 0 aliphatic carbocycles. The molecule has 0 heterocycles. The molecule has 0 saturated carbocycles. The third-order valence-electron chi connectivity index (χ3n) is 4.09. The van der Waals surface area contributed by atoms with Crippen LogP contribution in [0.3, 0.4) is 0 Å². The van der Waals surface area contributed by atoms with Crippen LogP contribution in [-0.2, 0) is 9.59 Å². The zero-order valence-electron chi connectivity index (χ0n) is 14.7. The third kappa shape index (κ3) is 17.2. The topological polar surface area (TPSA) is 46.2 Å². The van der Waals surface area contributed by atoms with Gasteiger partial charge in [0.05, 0.1) is 0 Å². The third-order valence-corrected chi connectivity index (χ3v) is 4.09. The van der Waals surface area contributed by atoms with Crippen LogP contribution in [0.5, 0.6) is 0 Å². The summed E-state index contributed by atoms with van der Waals surface area (Å²) in [5.41, 5.74) is 0. The number of hydrogen-bond donors (Lipinski definition) is 1. The van der Waals surface area contributed by atoms with Gasteiger partial charge >= 0.3 is 0 Å². The first kappa shape index (κ1) is 21.1. The van der Waals surface area contributed by atoms with Crippen LogP contribution in [0.4, 0.5) is 0 Å². The van der Waals surface area contributed by atoms with Crippen molar-refractivity contribution >= 4 is 12.2 Å². The Morgan fingerprint density at radius 3 is 1.68 bits per heavy atom. The van der Waals surface area contributed by atoms with E-state index >= 15 is 0 Å². The lowest BCUT2D eigenvalue weighted by molar-refractivity contribution is -0.121. The van der Waals surface area contributed by atoms with Crippen LogP contribution in [0.2, 0.25) is 0 Å². The maximum absolute atomic E-state index is 11.4. The maximum atomic E-state index is 11.4. The first-order chi connectivity index (χ1) is 10.8. The second-order valence-corrected chi connectivity index (χ2v) is 6.30. The zero-order chi connectivity index (χ0) is 16.3. The van der Waals surface area contributed by atoms with Gasteiger partial charge in [-0.2, -0.15) is 0 Å². The molecule has 130 valence electrons. The molecule has 0 saturated heterocycles. The summed E-state index contributed by atoms with van der Waals surface area (Å²) in [6.07, 6.45) is 19.1. The van der Waals surface area contributed by atoms with Crippen LogP contribution in [0.25, 0.3) is 0 Å². The lowest BCUT2D eigenvalue weighted by Gasteiger charge is -2.04. The molecule has 0 rings (SSSR count). The molecule has 0 unspecified atom stereocenters. The van der Waals surface area contributed by atoms with Gasteiger partial charge in [-0.05, 0) is 6.42 Å². The summed E-state index contributed by atoms with van der Waals surface area (Å²) in [4.78, 5) is 21.5. The fourth-order valence-electron chi connectivity index (χ4n) is 2.66. The summed E-state index contributed by atoms with van der Waals surface area (Å²) in [5, 5.41) is 2.76. The molecule has 0 aromatic heterocycles. The SMILES string of the molecule is CCCCCCCCCCCCCCCC(=O)NCCC=O. The Labute approximate surface area is 137 Å². The average molecular weight is 312 g/mol. The predicted molar refractivity (Wildman–Crippen MR) is 94.0 cm³/mol. The molecule has 3 nitrogen and oxygen atoms in total. The van der Waals surface area contributed by atoms with Crippen molar-refractivity contribution in [3.05, 3.63) is 0 Å². The highest BCUT2D eigenvalue weighted by Crippen LogP contribution is 2.12. The van der Waals surface area contributed by atoms with Gasteiger partial charge in [0, 0.05) is 19.4 Å². The Hall–Kier alpha value is -0.860. The molecule has 0 aromatic carbocycles. The molecule has 0 atom stereocenters. The number of carbonyl (C=O) groups excluding carboxylic acids is 2. The lowest BCUT2D eigenvalue weighted by atomic mass is 10.0. The van der Waals surface area contributed by atoms with E-state index < -0.39 is 0 Å². The summed E-state index contributed by atoms with van der Waals surface area (Å²) < 4.78 is 0. The molecular formula is C19H37NO2. The lowest BCUT2D eigenvalue weighted by Crippen LogP contribution is -2.24. The molecule has 0 bridgehead atoms. The summed E-state index contributed by atoms with van der Waals surface area (Å²) in [7, 11) is 0. The second kappa shape index (κ2) is 18.2. The molecule has 3 heteroatoms. The zero-order valence-corrected chi connectivity index (χ0v) is 14.7. The van der Waals surface area contributed by atoms with Crippen LogP contribution in [0.15, 0.2) is 0 Å². The minimum absolute atomic E-state index is 0.0879. The van der Waals surface area contributed by atoms with E-state index in [1.54, 1.807) is 0 Å². The van der Waals surface area contributed by atoms with Gasteiger partial charge in [0.2, 0.25) is 5.91 Å². The van der Waals surface area contributed by atoms with Gasteiger partial charge < -0.3 is 10.1 Å². The van der Waals surface area contributed by atoms with Crippen molar-refractivity contribution < 1.29 is 9.59 Å². The summed E-state index contributed by atoms with van der Waals surface area (Å²) in [5.74, 6) is 0.0879. The standard InChI is InChI=1S/C19H37NO2/c1-2-3-4-5-6-7-8-9-10-11-12-13-14-16-19(22)20-17-15-18-21/h18H,2-17H2,1H3,(H,20,22). The minimum Gasteiger partial charge on any atom is -0.356 e. The van der Waals surface area contributed by atoms with Crippen molar-refractivity contribution in [1.82, 2.24) is 5.32 Å². The Morgan fingerprint density at radius 2 is 1.23 bits per heavy atom. The largest absolute Gasteiger partial charge is 0.356 e. The van der Waals surface area contributed by atoms with Crippen molar-refractivity contribution in [2.45, 2.75) is 103 Å². The van der Waals surface area contributed by atoms with E-state index in [4.69, 9.17) is 0 Å². The van der Waals surface area contributed by atoms with Gasteiger partial charge in [-0.1, -0.05) is 84.0 Å². The Balaban J connectivity index is 3.08. The Bertz CT molecular complexity index is 254. The summed E-state index contributed by atoms with van der Waals surface area (Å²) >= 11 is 0. The first-order valence-electron chi connectivity index (χ1n) is 9.51. The highest BCUT2D eigenvalue weighted by atomic mass is 16.1. The Morgan fingerprint density at radius 1 is 0.773 bits per heavy atom. The fourth-order valence-corrected chi connectivity index (χ4v) is 2.66. The molecule has 0 aromatic rings. The minimum atomic E-state index is 0.0879. The van der Waals surface area contributed by atoms with Gasteiger partial charge in [0.15, 0.2) is 0 Å². The molecule has 0 aliphatic rings. The van der Waals surface area contributed by atoms with E-state index in [0.717, 1.165) is 19.1 Å². The number of amides is 1.